The van der Waals surface area contributed by atoms with E-state index in [1.807, 2.05) is 31.2 Å². The number of benzene rings is 1. The Hall–Kier alpha value is -1.20. The molecular weight excluding hydrogens is 262 g/mol. The number of hydrogen-bond donors (Lipinski definition) is 0. The Bertz CT molecular complexity index is 472. The van der Waals surface area contributed by atoms with Crippen molar-refractivity contribution in [3.05, 3.63) is 29.8 Å². The predicted octanol–water partition coefficient (Wildman–Crippen LogP) is 1.87. The van der Waals surface area contributed by atoms with E-state index in [9.17, 15) is 13.6 Å². The van der Waals surface area contributed by atoms with Crippen molar-refractivity contribution in [3.8, 4) is 0 Å². The number of carbonyl (C=O) groups is 1. The third-order valence-electron chi connectivity index (χ3n) is 3.60. The first-order valence-electron chi connectivity index (χ1n) is 6.52. The fourth-order valence-electron chi connectivity index (χ4n) is 2.44. The van der Waals surface area contributed by atoms with Crippen molar-refractivity contribution in [1.82, 2.24) is 0 Å². The van der Waals surface area contributed by atoms with Gasteiger partial charge in [0.25, 0.3) is 0 Å². The fraction of sp³-hybridized carbons (Fsp3) is 0.500. The van der Waals surface area contributed by atoms with Crippen LogP contribution in [0.3, 0.4) is 0 Å². The quantitative estimate of drug-likeness (QED) is 0.790. The van der Waals surface area contributed by atoms with Crippen LogP contribution in [0, 0.1) is 5.92 Å². The first-order valence-corrected chi connectivity index (χ1v) is 7.77. The number of piperidine rings is 1. The average molecular weight is 280 g/mol. The molecule has 2 unspecified atom stereocenters. The summed E-state index contributed by atoms with van der Waals surface area (Å²) in [5.74, 6) is 0.538. The largest absolute Gasteiger partial charge is 0.772 e. The molecule has 19 heavy (non-hydrogen) atoms. The Kier molecular flexibility index (Phi) is 4.71. The lowest BCUT2D eigenvalue weighted by molar-refractivity contribution is -0.123. The minimum Gasteiger partial charge on any atom is -0.772 e. The fourth-order valence-corrected chi connectivity index (χ4v) is 2.90. The summed E-state index contributed by atoms with van der Waals surface area (Å²) in [7, 11) is 0. The molecule has 104 valence electrons. The standard InChI is InChI=1S/C14H19NO3S/c1-2-12-9-15(8-7-14(12)16)13-5-3-11(4-6-13)10-19(17)18/h3-6,12H,2,7-10H2,1H3,(H,17,18)/p-1. The molecule has 2 atom stereocenters. The summed E-state index contributed by atoms with van der Waals surface area (Å²) in [5.41, 5.74) is 1.85. The minimum atomic E-state index is -2.05. The first-order chi connectivity index (χ1) is 9.10. The molecule has 0 spiro atoms. The predicted molar refractivity (Wildman–Crippen MR) is 74.7 cm³/mol. The lowest BCUT2D eigenvalue weighted by Crippen LogP contribution is -2.40. The molecule has 2 rings (SSSR count). The van der Waals surface area contributed by atoms with Crippen LogP contribution in [0.25, 0.3) is 0 Å². The average Bonchev–Trinajstić information content (AvgIpc) is 2.40. The normalized spacial score (nSPS) is 21.5. The third kappa shape index (κ3) is 3.64. The van der Waals surface area contributed by atoms with E-state index < -0.39 is 11.1 Å². The molecule has 5 heteroatoms. The van der Waals surface area contributed by atoms with Crippen molar-refractivity contribution in [3.63, 3.8) is 0 Å². The van der Waals surface area contributed by atoms with Crippen molar-refractivity contribution in [2.75, 3.05) is 18.0 Å². The first kappa shape index (κ1) is 14.2. The molecule has 0 aliphatic carbocycles. The van der Waals surface area contributed by atoms with E-state index >= 15 is 0 Å². The molecule has 1 fully saturated rings. The van der Waals surface area contributed by atoms with Gasteiger partial charge in [0.15, 0.2) is 0 Å². The topological polar surface area (TPSA) is 60.4 Å². The molecule has 1 heterocycles. The van der Waals surface area contributed by atoms with Gasteiger partial charge in [-0.05, 0) is 24.1 Å². The van der Waals surface area contributed by atoms with Gasteiger partial charge in [0.05, 0.1) is 0 Å². The number of carbonyl (C=O) groups excluding carboxylic acids is 1. The number of Topliss-reactive ketones (excluding diaryl/α,β-unsaturated/α-hetero) is 1. The smallest absolute Gasteiger partial charge is 0.139 e. The second-order valence-corrected chi connectivity index (χ2v) is 5.78. The molecule has 0 saturated carbocycles. The molecule has 0 aromatic heterocycles. The van der Waals surface area contributed by atoms with Gasteiger partial charge in [-0.25, -0.2) is 0 Å². The van der Waals surface area contributed by atoms with Crippen LogP contribution in [-0.2, 0) is 21.6 Å². The summed E-state index contributed by atoms with van der Waals surface area (Å²) in [4.78, 5) is 13.9. The lowest BCUT2D eigenvalue weighted by Gasteiger charge is -2.33. The van der Waals surface area contributed by atoms with Crippen LogP contribution in [0.4, 0.5) is 5.69 Å². The van der Waals surface area contributed by atoms with Crippen molar-refractivity contribution in [1.29, 1.82) is 0 Å². The monoisotopic (exact) mass is 280 g/mol. The number of rotatable bonds is 4. The maximum Gasteiger partial charge on any atom is 0.139 e. The van der Waals surface area contributed by atoms with E-state index in [1.165, 1.54) is 0 Å². The van der Waals surface area contributed by atoms with E-state index in [-0.39, 0.29) is 11.7 Å². The van der Waals surface area contributed by atoms with Crippen molar-refractivity contribution < 1.29 is 13.6 Å². The molecule has 1 saturated heterocycles. The second kappa shape index (κ2) is 6.30. The Balaban J connectivity index is 2.05. The number of anilines is 1. The number of ketones is 1. The highest BCUT2D eigenvalue weighted by Gasteiger charge is 2.25. The van der Waals surface area contributed by atoms with E-state index in [2.05, 4.69) is 4.90 Å². The molecule has 1 aromatic rings. The van der Waals surface area contributed by atoms with E-state index in [0.717, 1.165) is 30.8 Å². The van der Waals surface area contributed by atoms with Crippen molar-refractivity contribution in [2.45, 2.75) is 25.5 Å². The van der Waals surface area contributed by atoms with Gasteiger partial charge in [0.2, 0.25) is 0 Å². The molecular formula is C14H18NO3S-. The Morgan fingerprint density at radius 1 is 1.37 bits per heavy atom. The lowest BCUT2D eigenvalue weighted by atomic mass is 9.94. The number of hydrogen-bond acceptors (Lipinski definition) is 4. The highest BCUT2D eigenvalue weighted by molar-refractivity contribution is 7.78. The molecule has 0 radical (unpaired) electrons. The van der Waals surface area contributed by atoms with Gasteiger partial charge in [0, 0.05) is 36.9 Å². The van der Waals surface area contributed by atoms with Gasteiger partial charge in [-0.2, -0.15) is 0 Å². The van der Waals surface area contributed by atoms with Crippen molar-refractivity contribution >= 4 is 22.6 Å². The van der Waals surface area contributed by atoms with Crippen LogP contribution in [0.5, 0.6) is 0 Å². The summed E-state index contributed by atoms with van der Waals surface area (Å²) >= 11 is -2.05. The summed E-state index contributed by atoms with van der Waals surface area (Å²) in [6, 6.07) is 7.54. The maximum absolute atomic E-state index is 11.7. The zero-order chi connectivity index (χ0) is 13.8. The molecule has 1 aromatic carbocycles. The van der Waals surface area contributed by atoms with Gasteiger partial charge < -0.3 is 9.45 Å². The van der Waals surface area contributed by atoms with Crippen LogP contribution in [0.15, 0.2) is 24.3 Å². The van der Waals surface area contributed by atoms with Gasteiger partial charge >= 0.3 is 0 Å². The van der Waals surface area contributed by atoms with Crippen LogP contribution < -0.4 is 4.90 Å². The Labute approximate surface area is 116 Å². The van der Waals surface area contributed by atoms with Gasteiger partial charge in [-0.3, -0.25) is 9.00 Å². The van der Waals surface area contributed by atoms with Crippen LogP contribution in [-0.4, -0.2) is 27.6 Å². The van der Waals surface area contributed by atoms with Crippen LogP contribution >= 0.6 is 0 Å². The zero-order valence-corrected chi connectivity index (χ0v) is 11.8. The van der Waals surface area contributed by atoms with E-state index in [0.29, 0.717) is 12.2 Å². The van der Waals surface area contributed by atoms with Crippen molar-refractivity contribution in [2.24, 2.45) is 5.92 Å². The zero-order valence-electron chi connectivity index (χ0n) is 11.0. The summed E-state index contributed by atoms with van der Waals surface area (Å²) < 4.78 is 21.3. The van der Waals surface area contributed by atoms with Gasteiger partial charge in [-0.1, -0.05) is 30.1 Å². The molecule has 1 aliphatic rings. The third-order valence-corrected chi connectivity index (χ3v) is 4.17. The van der Waals surface area contributed by atoms with Gasteiger partial charge in [-0.15, -0.1) is 0 Å². The summed E-state index contributed by atoms with van der Waals surface area (Å²) in [6.45, 7) is 3.56. The van der Waals surface area contributed by atoms with E-state index in [1.54, 1.807) is 0 Å². The molecule has 0 amide bonds. The van der Waals surface area contributed by atoms with E-state index in [4.69, 9.17) is 0 Å². The molecule has 1 aliphatic heterocycles. The molecule has 0 bridgehead atoms. The minimum absolute atomic E-state index is 0.0519. The van der Waals surface area contributed by atoms with Crippen LogP contribution in [0.1, 0.15) is 25.3 Å². The van der Waals surface area contributed by atoms with Crippen LogP contribution in [0.2, 0.25) is 0 Å². The highest BCUT2D eigenvalue weighted by Crippen LogP contribution is 2.23. The summed E-state index contributed by atoms with van der Waals surface area (Å²) in [6.07, 6.45) is 1.48. The Morgan fingerprint density at radius 2 is 2.05 bits per heavy atom. The second-order valence-electron chi connectivity index (χ2n) is 4.88. The van der Waals surface area contributed by atoms with Gasteiger partial charge in [0.1, 0.15) is 5.78 Å². The Morgan fingerprint density at radius 3 is 2.63 bits per heavy atom. The number of nitrogens with zero attached hydrogens (tertiary/aromatic N) is 1. The maximum atomic E-state index is 11.7. The highest BCUT2D eigenvalue weighted by atomic mass is 32.2. The SMILES string of the molecule is CCC1CN(c2ccc(CS(=O)[O-])cc2)CCC1=O. The molecule has 0 N–H and O–H groups in total. The summed E-state index contributed by atoms with van der Waals surface area (Å²) in [5, 5.41) is 0. The molecule has 4 nitrogen and oxygen atoms in total.